The van der Waals surface area contributed by atoms with Crippen molar-refractivity contribution in [2.24, 2.45) is 0 Å². The number of piperazine rings is 1. The van der Waals surface area contributed by atoms with E-state index in [4.69, 9.17) is 0 Å². The fourth-order valence-electron chi connectivity index (χ4n) is 2.55. The van der Waals surface area contributed by atoms with E-state index >= 15 is 0 Å². The molecule has 0 unspecified atom stereocenters. The van der Waals surface area contributed by atoms with Gasteiger partial charge in [0.25, 0.3) is 5.91 Å². The standard InChI is InChI=1S/C16H16FN3O2/c17-14-5-2-6-18-15(14)19-7-9-20(10-8-19)16(22)12-3-1-4-13(21)11-12/h1-6,11,21H,7-10H2. The van der Waals surface area contributed by atoms with Gasteiger partial charge < -0.3 is 14.9 Å². The van der Waals surface area contributed by atoms with Crippen LogP contribution in [0.1, 0.15) is 10.4 Å². The molecule has 1 aromatic heterocycles. The van der Waals surface area contributed by atoms with Crippen LogP contribution in [0.5, 0.6) is 5.75 Å². The van der Waals surface area contributed by atoms with Crippen LogP contribution >= 0.6 is 0 Å². The summed E-state index contributed by atoms with van der Waals surface area (Å²) in [4.78, 5) is 20.0. The van der Waals surface area contributed by atoms with Gasteiger partial charge in [-0.3, -0.25) is 4.79 Å². The van der Waals surface area contributed by atoms with Gasteiger partial charge in [0.15, 0.2) is 11.6 Å². The van der Waals surface area contributed by atoms with Gasteiger partial charge in [0.2, 0.25) is 0 Å². The van der Waals surface area contributed by atoms with Gasteiger partial charge in [0.1, 0.15) is 5.75 Å². The van der Waals surface area contributed by atoms with Crippen LogP contribution in [0.2, 0.25) is 0 Å². The van der Waals surface area contributed by atoms with E-state index in [1.807, 2.05) is 4.90 Å². The molecular weight excluding hydrogens is 285 g/mol. The summed E-state index contributed by atoms with van der Waals surface area (Å²) in [5.41, 5.74) is 0.456. The Morgan fingerprint density at radius 3 is 2.59 bits per heavy atom. The highest BCUT2D eigenvalue weighted by atomic mass is 19.1. The van der Waals surface area contributed by atoms with E-state index in [-0.39, 0.29) is 17.5 Å². The Balaban J connectivity index is 1.67. The maximum Gasteiger partial charge on any atom is 0.254 e. The van der Waals surface area contributed by atoms with E-state index in [9.17, 15) is 14.3 Å². The largest absolute Gasteiger partial charge is 0.508 e. The lowest BCUT2D eigenvalue weighted by molar-refractivity contribution is 0.0746. The Morgan fingerprint density at radius 2 is 1.91 bits per heavy atom. The van der Waals surface area contributed by atoms with E-state index in [1.165, 1.54) is 18.2 Å². The van der Waals surface area contributed by atoms with Gasteiger partial charge in [-0.15, -0.1) is 0 Å². The second-order valence-electron chi connectivity index (χ2n) is 5.14. The van der Waals surface area contributed by atoms with Crippen LogP contribution in [0.25, 0.3) is 0 Å². The molecule has 1 amide bonds. The van der Waals surface area contributed by atoms with Gasteiger partial charge in [-0.05, 0) is 30.3 Å². The van der Waals surface area contributed by atoms with Crippen molar-refractivity contribution >= 4 is 11.7 Å². The van der Waals surface area contributed by atoms with E-state index in [2.05, 4.69) is 4.98 Å². The first-order valence-corrected chi connectivity index (χ1v) is 7.09. The predicted octanol–water partition coefficient (Wildman–Crippen LogP) is 1.89. The fourth-order valence-corrected chi connectivity index (χ4v) is 2.55. The van der Waals surface area contributed by atoms with Crippen molar-refractivity contribution in [1.82, 2.24) is 9.88 Å². The van der Waals surface area contributed by atoms with Crippen LogP contribution in [0, 0.1) is 5.82 Å². The fraction of sp³-hybridized carbons (Fsp3) is 0.250. The molecule has 0 radical (unpaired) electrons. The zero-order valence-corrected chi connectivity index (χ0v) is 11.9. The molecule has 114 valence electrons. The average molecular weight is 301 g/mol. The van der Waals surface area contributed by atoms with E-state index in [0.29, 0.717) is 37.6 Å². The van der Waals surface area contributed by atoms with Gasteiger partial charge in [-0.2, -0.15) is 0 Å². The van der Waals surface area contributed by atoms with Gasteiger partial charge in [0.05, 0.1) is 0 Å². The van der Waals surface area contributed by atoms with E-state index in [0.717, 1.165) is 0 Å². The first-order chi connectivity index (χ1) is 10.6. The number of phenolic OH excluding ortho intramolecular Hbond substituents is 1. The molecule has 1 aliphatic heterocycles. The van der Waals surface area contributed by atoms with Crippen molar-refractivity contribution in [3.05, 3.63) is 54.0 Å². The maximum absolute atomic E-state index is 13.7. The molecule has 0 saturated carbocycles. The van der Waals surface area contributed by atoms with Crippen LogP contribution < -0.4 is 4.90 Å². The highest BCUT2D eigenvalue weighted by Crippen LogP contribution is 2.19. The first kappa shape index (κ1) is 14.3. The molecule has 0 atom stereocenters. The van der Waals surface area contributed by atoms with Crippen LogP contribution in [0.3, 0.4) is 0 Å². The number of halogens is 1. The number of rotatable bonds is 2. The van der Waals surface area contributed by atoms with Crippen molar-refractivity contribution in [3.63, 3.8) is 0 Å². The second-order valence-corrected chi connectivity index (χ2v) is 5.14. The molecule has 5 nitrogen and oxygen atoms in total. The molecule has 2 aromatic rings. The van der Waals surface area contributed by atoms with Gasteiger partial charge in [0, 0.05) is 37.9 Å². The second kappa shape index (κ2) is 6.01. The molecule has 1 N–H and O–H groups in total. The topological polar surface area (TPSA) is 56.7 Å². The molecule has 0 bridgehead atoms. The first-order valence-electron chi connectivity index (χ1n) is 7.09. The van der Waals surface area contributed by atoms with Crippen LogP contribution in [0.15, 0.2) is 42.6 Å². The molecule has 0 aliphatic carbocycles. The molecule has 3 rings (SSSR count). The summed E-state index contributed by atoms with van der Waals surface area (Å²) in [6.07, 6.45) is 1.56. The molecule has 1 aromatic carbocycles. The summed E-state index contributed by atoms with van der Waals surface area (Å²) >= 11 is 0. The number of aromatic hydroxyl groups is 1. The zero-order chi connectivity index (χ0) is 15.5. The number of carbonyl (C=O) groups is 1. The molecule has 2 heterocycles. The highest BCUT2D eigenvalue weighted by molar-refractivity contribution is 5.94. The zero-order valence-electron chi connectivity index (χ0n) is 11.9. The summed E-state index contributed by atoms with van der Waals surface area (Å²) in [6.45, 7) is 2.03. The lowest BCUT2D eigenvalue weighted by Crippen LogP contribution is -2.49. The number of anilines is 1. The van der Waals surface area contributed by atoms with Crippen molar-refractivity contribution in [2.45, 2.75) is 0 Å². The van der Waals surface area contributed by atoms with Crippen molar-refractivity contribution in [3.8, 4) is 5.75 Å². The number of carbonyl (C=O) groups excluding carboxylic acids is 1. The summed E-state index contributed by atoms with van der Waals surface area (Å²) in [7, 11) is 0. The van der Waals surface area contributed by atoms with Gasteiger partial charge in [-0.1, -0.05) is 6.07 Å². The molecule has 1 aliphatic rings. The highest BCUT2D eigenvalue weighted by Gasteiger charge is 2.24. The number of aromatic nitrogens is 1. The number of hydrogen-bond acceptors (Lipinski definition) is 4. The summed E-state index contributed by atoms with van der Waals surface area (Å²) in [5.74, 6) is -0.0840. The lowest BCUT2D eigenvalue weighted by atomic mass is 10.1. The number of nitrogens with zero attached hydrogens (tertiary/aromatic N) is 3. The minimum atomic E-state index is -0.352. The molecule has 0 spiro atoms. The Labute approximate surface area is 127 Å². The molecule has 22 heavy (non-hydrogen) atoms. The van der Waals surface area contributed by atoms with E-state index < -0.39 is 0 Å². The lowest BCUT2D eigenvalue weighted by Gasteiger charge is -2.35. The average Bonchev–Trinajstić information content (AvgIpc) is 2.55. The summed E-state index contributed by atoms with van der Waals surface area (Å²) < 4.78 is 13.7. The number of benzene rings is 1. The summed E-state index contributed by atoms with van der Waals surface area (Å²) in [6, 6.07) is 9.23. The Hall–Kier alpha value is -2.63. The molecular formula is C16H16FN3O2. The van der Waals surface area contributed by atoms with Crippen LogP contribution in [-0.2, 0) is 0 Å². The normalized spacial score (nSPS) is 15.0. The molecule has 1 saturated heterocycles. The van der Waals surface area contributed by atoms with Crippen LogP contribution in [0.4, 0.5) is 10.2 Å². The third-order valence-corrected chi connectivity index (χ3v) is 3.70. The number of pyridine rings is 1. The Morgan fingerprint density at radius 1 is 1.14 bits per heavy atom. The number of phenols is 1. The van der Waals surface area contributed by atoms with Crippen molar-refractivity contribution in [1.29, 1.82) is 0 Å². The predicted molar refractivity (Wildman–Crippen MR) is 80.4 cm³/mol. The number of hydrogen-bond donors (Lipinski definition) is 1. The third kappa shape index (κ3) is 2.86. The number of amides is 1. The smallest absolute Gasteiger partial charge is 0.254 e. The van der Waals surface area contributed by atoms with Crippen molar-refractivity contribution < 1.29 is 14.3 Å². The maximum atomic E-state index is 13.7. The SMILES string of the molecule is O=C(c1cccc(O)c1)N1CCN(c2ncccc2F)CC1. The molecule has 6 heteroatoms. The quantitative estimate of drug-likeness (QED) is 0.920. The van der Waals surface area contributed by atoms with Gasteiger partial charge in [-0.25, -0.2) is 9.37 Å². The monoisotopic (exact) mass is 301 g/mol. The summed E-state index contributed by atoms with van der Waals surface area (Å²) in [5, 5.41) is 9.45. The van der Waals surface area contributed by atoms with Crippen molar-refractivity contribution in [2.75, 3.05) is 31.1 Å². The van der Waals surface area contributed by atoms with Gasteiger partial charge >= 0.3 is 0 Å². The van der Waals surface area contributed by atoms with E-state index in [1.54, 1.807) is 29.3 Å². The minimum Gasteiger partial charge on any atom is -0.508 e. The minimum absolute atomic E-state index is 0.0695. The Bertz CT molecular complexity index is 685. The van der Waals surface area contributed by atoms with Crippen LogP contribution in [-0.4, -0.2) is 47.1 Å². The molecule has 1 fully saturated rings. The Kier molecular flexibility index (Phi) is 3.91. The third-order valence-electron chi connectivity index (χ3n) is 3.70.